The van der Waals surface area contributed by atoms with Crippen LogP contribution >= 0.6 is 0 Å². The monoisotopic (exact) mass is 398 g/mol. The summed E-state index contributed by atoms with van der Waals surface area (Å²) in [5, 5.41) is 0. The second-order valence-corrected chi connectivity index (χ2v) is 9.35. The quantitative estimate of drug-likeness (QED) is 0.676. The first-order valence-electron chi connectivity index (χ1n) is 9.04. The molecule has 28 heavy (non-hydrogen) atoms. The molecule has 0 N–H and O–H groups in total. The van der Waals surface area contributed by atoms with Crippen LogP contribution in [0.1, 0.15) is 22.2 Å². The third kappa shape index (κ3) is 2.98. The first-order chi connectivity index (χ1) is 13.3. The van der Waals surface area contributed by atoms with Gasteiger partial charge in [0.25, 0.3) is 5.91 Å². The van der Waals surface area contributed by atoms with E-state index in [0.29, 0.717) is 18.7 Å². The maximum Gasteiger partial charge on any atom is 0.253 e. The van der Waals surface area contributed by atoms with Gasteiger partial charge in [-0.15, -0.1) is 0 Å². The van der Waals surface area contributed by atoms with E-state index in [0.717, 1.165) is 21.2 Å². The van der Waals surface area contributed by atoms with Gasteiger partial charge in [-0.2, -0.15) is 0 Å². The minimum absolute atomic E-state index is 0.0906. The van der Waals surface area contributed by atoms with E-state index in [-0.39, 0.29) is 16.8 Å². The van der Waals surface area contributed by atoms with E-state index in [4.69, 9.17) is 0 Å². The van der Waals surface area contributed by atoms with Crippen molar-refractivity contribution in [2.45, 2.75) is 17.9 Å². The van der Waals surface area contributed by atoms with Crippen molar-refractivity contribution in [2.24, 2.45) is 0 Å². The van der Waals surface area contributed by atoms with E-state index >= 15 is 0 Å². The highest BCUT2D eigenvalue weighted by Gasteiger charge is 2.34. The molecule has 1 amide bonds. The van der Waals surface area contributed by atoms with Crippen LogP contribution in [0.3, 0.4) is 0 Å². The third-order valence-corrected chi connectivity index (χ3v) is 7.00. The number of aryl methyl sites for hydroxylation is 1. The maximum atomic E-state index is 12.7. The average Bonchev–Trinajstić information content (AvgIpc) is 2.96. The zero-order valence-electron chi connectivity index (χ0n) is 16.0. The number of para-hydroxylation sites is 2. The molecule has 4 rings (SSSR count). The van der Waals surface area contributed by atoms with Gasteiger partial charge >= 0.3 is 0 Å². The molecule has 0 atom stereocenters. The molecule has 1 fully saturated rings. The Morgan fingerprint density at radius 1 is 1.07 bits per heavy atom. The molecule has 1 aliphatic rings. The lowest BCUT2D eigenvalue weighted by Gasteiger charge is -2.40. The van der Waals surface area contributed by atoms with Crippen LogP contribution in [0, 0.1) is 6.92 Å². The van der Waals surface area contributed by atoms with Gasteiger partial charge in [-0.25, -0.2) is 17.7 Å². The zero-order valence-corrected chi connectivity index (χ0v) is 16.8. The first-order valence-corrected chi connectivity index (χ1v) is 10.5. The standard InChI is InChI=1S/C20H22N4O3S/c1-14-21-18-6-4-5-7-19(18)24(14)16-12-23(13-16)20(25)15-8-10-17(11-9-15)28(26,27)22(2)3/h4-11,16H,12-13H2,1-3H3. The predicted molar refractivity (Wildman–Crippen MR) is 107 cm³/mol. The summed E-state index contributed by atoms with van der Waals surface area (Å²) in [4.78, 5) is 19.3. The van der Waals surface area contributed by atoms with Gasteiger partial charge in [0.1, 0.15) is 5.82 Å². The van der Waals surface area contributed by atoms with Crippen molar-refractivity contribution in [1.82, 2.24) is 18.8 Å². The Labute approximate surface area is 164 Å². The van der Waals surface area contributed by atoms with Crippen LogP contribution in [0.4, 0.5) is 0 Å². The van der Waals surface area contributed by atoms with Gasteiger partial charge in [0.2, 0.25) is 10.0 Å². The van der Waals surface area contributed by atoms with Gasteiger partial charge < -0.3 is 9.47 Å². The predicted octanol–water partition coefficient (Wildman–Crippen LogP) is 2.29. The number of hydrogen-bond donors (Lipinski definition) is 0. The van der Waals surface area contributed by atoms with Crippen LogP contribution < -0.4 is 0 Å². The summed E-state index contributed by atoms with van der Waals surface area (Å²) in [7, 11) is -0.532. The van der Waals surface area contributed by atoms with Crippen molar-refractivity contribution in [3.63, 3.8) is 0 Å². The fourth-order valence-electron chi connectivity index (χ4n) is 3.57. The molecular weight excluding hydrogens is 376 g/mol. The Morgan fingerprint density at radius 3 is 2.36 bits per heavy atom. The summed E-state index contributed by atoms with van der Waals surface area (Å²) in [5.41, 5.74) is 2.53. The third-order valence-electron chi connectivity index (χ3n) is 5.17. The number of aromatic nitrogens is 2. The van der Waals surface area contributed by atoms with Crippen molar-refractivity contribution >= 4 is 27.0 Å². The molecule has 1 saturated heterocycles. The fraction of sp³-hybridized carbons (Fsp3) is 0.300. The first kappa shape index (κ1) is 18.6. The molecule has 8 heteroatoms. The average molecular weight is 398 g/mol. The van der Waals surface area contributed by atoms with Gasteiger partial charge in [0.05, 0.1) is 22.0 Å². The number of carbonyl (C=O) groups is 1. The molecule has 0 radical (unpaired) electrons. The van der Waals surface area contributed by atoms with Crippen LogP contribution in [0.25, 0.3) is 11.0 Å². The fourth-order valence-corrected chi connectivity index (χ4v) is 4.47. The lowest BCUT2D eigenvalue weighted by atomic mass is 10.1. The van der Waals surface area contributed by atoms with Crippen LogP contribution in [0.5, 0.6) is 0 Å². The number of likely N-dealkylation sites (tertiary alicyclic amines) is 1. The van der Waals surface area contributed by atoms with Gasteiger partial charge in [-0.1, -0.05) is 12.1 Å². The number of sulfonamides is 1. The molecule has 0 bridgehead atoms. The number of imidazole rings is 1. The molecule has 0 spiro atoms. The highest BCUT2D eigenvalue weighted by molar-refractivity contribution is 7.89. The van der Waals surface area contributed by atoms with E-state index in [2.05, 4.69) is 9.55 Å². The van der Waals surface area contributed by atoms with Crippen LogP contribution in [0.15, 0.2) is 53.4 Å². The second-order valence-electron chi connectivity index (χ2n) is 7.19. The van der Waals surface area contributed by atoms with Crippen LogP contribution in [-0.2, 0) is 10.0 Å². The molecular formula is C20H22N4O3S. The minimum Gasteiger partial charge on any atom is -0.334 e. The lowest BCUT2D eigenvalue weighted by Crippen LogP contribution is -2.50. The number of nitrogens with zero attached hydrogens (tertiary/aromatic N) is 4. The molecule has 1 aromatic heterocycles. The van der Waals surface area contributed by atoms with Gasteiger partial charge in [0.15, 0.2) is 0 Å². The summed E-state index contributed by atoms with van der Waals surface area (Å²) >= 11 is 0. The largest absolute Gasteiger partial charge is 0.334 e. The van der Waals surface area contributed by atoms with E-state index in [1.165, 1.54) is 26.2 Å². The van der Waals surface area contributed by atoms with Crippen LogP contribution in [0.2, 0.25) is 0 Å². The van der Waals surface area contributed by atoms with Gasteiger partial charge in [-0.05, 0) is 43.3 Å². The van der Waals surface area contributed by atoms with Crippen molar-refractivity contribution in [2.75, 3.05) is 27.2 Å². The van der Waals surface area contributed by atoms with Crippen LogP contribution in [-0.4, -0.2) is 60.3 Å². The number of hydrogen-bond acceptors (Lipinski definition) is 4. The Kier molecular flexibility index (Phi) is 4.47. The Morgan fingerprint density at radius 2 is 1.71 bits per heavy atom. The number of fused-ring (bicyclic) bond motifs is 1. The van der Waals surface area contributed by atoms with Crippen molar-refractivity contribution in [3.8, 4) is 0 Å². The molecule has 3 aromatic rings. The highest BCUT2D eigenvalue weighted by Crippen LogP contribution is 2.29. The van der Waals surface area contributed by atoms with Crippen molar-refractivity contribution in [3.05, 3.63) is 59.9 Å². The summed E-state index contributed by atoms with van der Waals surface area (Å²) in [6.07, 6.45) is 0. The molecule has 0 unspecified atom stereocenters. The second kappa shape index (κ2) is 6.72. The molecule has 146 valence electrons. The molecule has 7 nitrogen and oxygen atoms in total. The lowest BCUT2D eigenvalue weighted by molar-refractivity contribution is 0.0523. The zero-order chi connectivity index (χ0) is 20.1. The Hall–Kier alpha value is -2.71. The summed E-state index contributed by atoms with van der Waals surface area (Å²) in [5.74, 6) is 0.851. The number of amides is 1. The van der Waals surface area contributed by atoms with E-state index in [1.807, 2.05) is 31.2 Å². The molecule has 2 heterocycles. The topological polar surface area (TPSA) is 75.5 Å². The van der Waals surface area contributed by atoms with E-state index in [1.54, 1.807) is 17.0 Å². The number of benzene rings is 2. The van der Waals surface area contributed by atoms with Crippen molar-refractivity contribution < 1.29 is 13.2 Å². The number of rotatable bonds is 4. The Bertz CT molecular complexity index is 1140. The Balaban J connectivity index is 1.49. The van der Waals surface area contributed by atoms with E-state index in [9.17, 15) is 13.2 Å². The molecule has 2 aromatic carbocycles. The normalized spacial score (nSPS) is 15.2. The van der Waals surface area contributed by atoms with E-state index < -0.39 is 10.0 Å². The summed E-state index contributed by atoms with van der Waals surface area (Å²) in [6.45, 7) is 3.20. The minimum atomic E-state index is -3.50. The van der Waals surface area contributed by atoms with Crippen molar-refractivity contribution in [1.29, 1.82) is 0 Å². The smallest absolute Gasteiger partial charge is 0.253 e. The SMILES string of the molecule is Cc1nc2ccccc2n1C1CN(C(=O)c2ccc(S(=O)(=O)N(C)C)cc2)C1. The van der Waals surface area contributed by atoms with Gasteiger partial charge in [0, 0.05) is 32.7 Å². The molecule has 0 saturated carbocycles. The molecule has 1 aliphatic heterocycles. The van der Waals surface area contributed by atoms with Gasteiger partial charge in [-0.3, -0.25) is 4.79 Å². The summed E-state index contributed by atoms with van der Waals surface area (Å²) < 4.78 is 27.6. The number of carbonyl (C=O) groups excluding carboxylic acids is 1. The maximum absolute atomic E-state index is 12.7. The molecule has 0 aliphatic carbocycles. The highest BCUT2D eigenvalue weighted by atomic mass is 32.2. The summed E-state index contributed by atoms with van der Waals surface area (Å²) in [6, 6.07) is 14.3.